The number of hydrogen-bond acceptors (Lipinski definition) is 4. The Balaban J connectivity index is 1.36. The lowest BCUT2D eigenvalue weighted by atomic mass is 9.33. The summed E-state index contributed by atoms with van der Waals surface area (Å²) in [5, 5.41) is 0. The molecule has 5 heteroatoms. The SMILES string of the molecule is CC(=O)O[C@@H]1CC[C@]2(C)[C@H](CC[C@]3(C)[C@@H]2C(=O)C=C2[C@@H]4C[C@](C)(C(=O)N5CCCCCC5)CC[C@]4(C)CC[C@@]23C)C1(C)C. The van der Waals surface area contributed by atoms with Crippen molar-refractivity contribution in [2.45, 2.75) is 145 Å². The maximum absolute atomic E-state index is 14.7. The van der Waals surface area contributed by atoms with E-state index in [2.05, 4.69) is 59.4 Å². The summed E-state index contributed by atoms with van der Waals surface area (Å²) < 4.78 is 5.89. The van der Waals surface area contributed by atoms with Crippen molar-refractivity contribution in [2.24, 2.45) is 50.2 Å². The second-order valence-electron chi connectivity index (χ2n) is 17.9. The standard InChI is InChI=1S/C38H59NO4/c1-25(40)43-30-14-15-36(6)29(33(30,2)3)13-16-38(8)31(36)28(41)23-26-27-24-35(5,32(42)39-21-11-9-10-12-22-39)18-17-34(27,4)19-20-37(26,38)7/h23,27,29-31H,9-22,24H2,1-8H3/t27-,29+,30+,31+,34+,35+,36+,37-,38+/m0/s1. The number of rotatable bonds is 2. The molecule has 0 radical (unpaired) electrons. The molecule has 0 unspecified atom stereocenters. The Morgan fingerprint density at radius 3 is 2.14 bits per heavy atom. The Labute approximate surface area is 261 Å². The maximum atomic E-state index is 14.7. The number of esters is 1. The first-order chi connectivity index (χ1) is 20.0. The van der Waals surface area contributed by atoms with E-state index in [1.165, 1.54) is 31.8 Å². The minimum atomic E-state index is -0.350. The largest absolute Gasteiger partial charge is 0.462 e. The smallest absolute Gasteiger partial charge is 0.302 e. The van der Waals surface area contributed by atoms with Gasteiger partial charge < -0.3 is 9.64 Å². The summed E-state index contributed by atoms with van der Waals surface area (Å²) >= 11 is 0. The van der Waals surface area contributed by atoms with Crippen molar-refractivity contribution < 1.29 is 19.1 Å². The summed E-state index contributed by atoms with van der Waals surface area (Å²) in [6.07, 6.45) is 15.8. The molecule has 0 bridgehead atoms. The molecule has 1 heterocycles. The average Bonchev–Trinajstić information content (AvgIpc) is 3.21. The van der Waals surface area contributed by atoms with E-state index in [1.807, 2.05) is 0 Å². The fourth-order valence-corrected chi connectivity index (χ4v) is 12.4. The first kappa shape index (κ1) is 31.3. The second-order valence-corrected chi connectivity index (χ2v) is 17.9. The van der Waals surface area contributed by atoms with Crippen molar-refractivity contribution in [1.29, 1.82) is 0 Å². The van der Waals surface area contributed by atoms with Gasteiger partial charge in [-0.15, -0.1) is 0 Å². The fraction of sp³-hybridized carbons (Fsp3) is 0.868. The highest BCUT2D eigenvalue weighted by atomic mass is 16.5. The van der Waals surface area contributed by atoms with Crippen LogP contribution in [0.4, 0.5) is 0 Å². The highest BCUT2D eigenvalue weighted by Gasteiger charge is 2.70. The molecule has 5 aliphatic carbocycles. The number of ether oxygens (including phenoxy) is 1. The van der Waals surface area contributed by atoms with E-state index in [0.717, 1.165) is 77.3 Å². The van der Waals surface area contributed by atoms with Crippen molar-refractivity contribution in [1.82, 2.24) is 4.90 Å². The van der Waals surface area contributed by atoms with E-state index < -0.39 is 0 Å². The summed E-state index contributed by atoms with van der Waals surface area (Å²) in [5.74, 6) is 1.09. The molecular weight excluding hydrogens is 534 g/mol. The highest BCUT2D eigenvalue weighted by Crippen LogP contribution is 2.75. The van der Waals surface area contributed by atoms with Gasteiger partial charge in [0.05, 0.1) is 0 Å². The predicted octanol–water partition coefficient (Wildman–Crippen LogP) is 8.30. The van der Waals surface area contributed by atoms with Gasteiger partial charge in [-0.1, -0.05) is 66.9 Å². The van der Waals surface area contributed by atoms with Gasteiger partial charge in [0.25, 0.3) is 0 Å². The van der Waals surface area contributed by atoms with Crippen LogP contribution in [0, 0.1) is 50.2 Å². The summed E-state index contributed by atoms with van der Waals surface area (Å²) in [6, 6.07) is 0. The normalized spacial score (nSPS) is 47.6. The van der Waals surface area contributed by atoms with Crippen LogP contribution in [0.1, 0.15) is 139 Å². The second kappa shape index (κ2) is 10.2. The van der Waals surface area contributed by atoms with E-state index in [0.29, 0.717) is 17.6 Å². The van der Waals surface area contributed by atoms with Gasteiger partial charge in [-0.2, -0.15) is 0 Å². The van der Waals surface area contributed by atoms with E-state index in [-0.39, 0.29) is 56.4 Å². The third-order valence-electron chi connectivity index (χ3n) is 15.2. The molecule has 1 saturated heterocycles. The molecule has 240 valence electrons. The number of carbonyl (C=O) groups is 3. The molecule has 0 aromatic rings. The highest BCUT2D eigenvalue weighted by molar-refractivity contribution is 5.95. The Hall–Kier alpha value is -1.65. The van der Waals surface area contributed by atoms with Crippen molar-refractivity contribution in [3.63, 3.8) is 0 Å². The minimum Gasteiger partial charge on any atom is -0.462 e. The van der Waals surface area contributed by atoms with Gasteiger partial charge in [0.1, 0.15) is 6.10 Å². The van der Waals surface area contributed by atoms with E-state index in [4.69, 9.17) is 4.74 Å². The number of carbonyl (C=O) groups excluding carboxylic acids is 3. The molecule has 1 amide bonds. The Kier molecular flexibility index (Phi) is 7.42. The van der Waals surface area contributed by atoms with Gasteiger partial charge in [-0.05, 0) is 110 Å². The lowest BCUT2D eigenvalue weighted by Gasteiger charge is -2.70. The molecule has 6 aliphatic rings. The predicted molar refractivity (Wildman–Crippen MR) is 170 cm³/mol. The molecule has 4 saturated carbocycles. The monoisotopic (exact) mass is 593 g/mol. The molecule has 43 heavy (non-hydrogen) atoms. The van der Waals surface area contributed by atoms with Crippen molar-refractivity contribution in [3.8, 4) is 0 Å². The summed E-state index contributed by atoms with van der Waals surface area (Å²) in [4.78, 5) is 43.0. The topological polar surface area (TPSA) is 63.7 Å². The first-order valence-electron chi connectivity index (χ1n) is 17.7. The molecule has 5 nitrogen and oxygen atoms in total. The van der Waals surface area contributed by atoms with Crippen LogP contribution in [0.15, 0.2) is 11.6 Å². The summed E-state index contributed by atoms with van der Waals surface area (Å²) in [6.45, 7) is 20.0. The van der Waals surface area contributed by atoms with Crippen LogP contribution in [0.5, 0.6) is 0 Å². The van der Waals surface area contributed by atoms with Crippen molar-refractivity contribution in [2.75, 3.05) is 13.1 Å². The van der Waals surface area contributed by atoms with Gasteiger partial charge in [-0.25, -0.2) is 0 Å². The van der Waals surface area contributed by atoms with Crippen LogP contribution in [0.3, 0.4) is 0 Å². The summed E-state index contributed by atoms with van der Waals surface area (Å²) in [5.41, 5.74) is 0.720. The van der Waals surface area contributed by atoms with Gasteiger partial charge in [0.2, 0.25) is 5.91 Å². The van der Waals surface area contributed by atoms with Crippen LogP contribution in [0.2, 0.25) is 0 Å². The van der Waals surface area contributed by atoms with E-state index in [1.54, 1.807) is 0 Å². The van der Waals surface area contributed by atoms with Crippen LogP contribution >= 0.6 is 0 Å². The van der Waals surface area contributed by atoms with Crippen LogP contribution in [-0.2, 0) is 19.1 Å². The first-order valence-corrected chi connectivity index (χ1v) is 17.7. The lowest BCUT2D eigenvalue weighted by molar-refractivity contribution is -0.210. The van der Waals surface area contributed by atoms with E-state index >= 15 is 0 Å². The number of fused-ring (bicyclic) bond motifs is 7. The number of ketones is 1. The Morgan fingerprint density at radius 2 is 1.49 bits per heavy atom. The number of likely N-dealkylation sites (tertiary alicyclic amines) is 1. The Morgan fingerprint density at radius 1 is 0.837 bits per heavy atom. The van der Waals surface area contributed by atoms with Gasteiger partial charge >= 0.3 is 5.97 Å². The van der Waals surface area contributed by atoms with Crippen LogP contribution in [0.25, 0.3) is 0 Å². The number of nitrogens with zero attached hydrogens (tertiary/aromatic N) is 1. The molecule has 0 aromatic carbocycles. The third kappa shape index (κ3) is 4.46. The Bertz CT molecular complexity index is 1210. The minimum absolute atomic E-state index is 0.0249. The van der Waals surface area contributed by atoms with Crippen LogP contribution < -0.4 is 0 Å². The zero-order valence-electron chi connectivity index (χ0n) is 28.6. The van der Waals surface area contributed by atoms with Crippen molar-refractivity contribution in [3.05, 3.63) is 11.6 Å². The van der Waals surface area contributed by atoms with Crippen molar-refractivity contribution >= 4 is 17.7 Å². The zero-order valence-corrected chi connectivity index (χ0v) is 28.6. The molecule has 0 N–H and O–H groups in total. The van der Waals surface area contributed by atoms with Crippen LogP contribution in [-0.4, -0.2) is 41.8 Å². The average molecular weight is 594 g/mol. The molecule has 9 atom stereocenters. The maximum Gasteiger partial charge on any atom is 0.302 e. The summed E-state index contributed by atoms with van der Waals surface area (Å²) in [7, 11) is 0. The number of allylic oxidation sites excluding steroid dienone is 2. The van der Waals surface area contributed by atoms with E-state index in [9.17, 15) is 14.4 Å². The fourth-order valence-electron chi connectivity index (χ4n) is 12.4. The molecule has 5 fully saturated rings. The lowest BCUT2D eigenvalue weighted by Crippen LogP contribution is -2.66. The quantitative estimate of drug-likeness (QED) is 0.302. The molecular formula is C38H59NO4. The third-order valence-corrected chi connectivity index (χ3v) is 15.2. The van der Waals surface area contributed by atoms with Gasteiger partial charge in [0.15, 0.2) is 5.78 Å². The molecule has 0 spiro atoms. The zero-order chi connectivity index (χ0) is 31.2. The number of amides is 1. The molecule has 1 aliphatic heterocycles. The molecule has 6 rings (SSSR count). The van der Waals surface area contributed by atoms with Gasteiger partial charge in [-0.3, -0.25) is 14.4 Å². The number of hydrogen-bond donors (Lipinski definition) is 0. The van der Waals surface area contributed by atoms with Gasteiger partial charge in [0, 0.05) is 36.8 Å². The molecule has 0 aromatic heterocycles.